The molecular formula is C10H13NO. The van der Waals surface area contributed by atoms with Gasteiger partial charge in [-0.1, -0.05) is 12.1 Å². The van der Waals surface area contributed by atoms with Gasteiger partial charge in [-0.15, -0.1) is 0 Å². The van der Waals surface area contributed by atoms with Crippen LogP contribution in [0.3, 0.4) is 0 Å². The van der Waals surface area contributed by atoms with Crippen LogP contribution in [0.5, 0.6) is 0 Å². The Morgan fingerprint density at radius 2 is 1.75 bits per heavy atom. The Morgan fingerprint density at radius 3 is 2.33 bits per heavy atom. The standard InChI is InChI=1S/C10H13NO/c1-7-4-5-8(2)10(9(7)3)11-6-12/h4-6H,1-3H3,(H,11,12). The summed E-state index contributed by atoms with van der Waals surface area (Å²) in [7, 11) is 0. The number of carbonyl (C=O) groups is 1. The molecular weight excluding hydrogens is 150 g/mol. The maximum Gasteiger partial charge on any atom is 0.211 e. The van der Waals surface area contributed by atoms with E-state index in [1.54, 1.807) is 0 Å². The maximum atomic E-state index is 10.3. The summed E-state index contributed by atoms with van der Waals surface area (Å²) >= 11 is 0. The van der Waals surface area contributed by atoms with Gasteiger partial charge < -0.3 is 5.32 Å². The molecule has 0 aliphatic heterocycles. The first kappa shape index (κ1) is 8.78. The van der Waals surface area contributed by atoms with Crippen molar-refractivity contribution in [1.29, 1.82) is 0 Å². The van der Waals surface area contributed by atoms with E-state index in [1.807, 2.05) is 26.8 Å². The molecule has 1 aromatic carbocycles. The Hall–Kier alpha value is -1.31. The monoisotopic (exact) mass is 163 g/mol. The third kappa shape index (κ3) is 1.47. The average molecular weight is 163 g/mol. The van der Waals surface area contributed by atoms with E-state index in [0.717, 1.165) is 23.2 Å². The molecule has 0 aliphatic rings. The van der Waals surface area contributed by atoms with Gasteiger partial charge in [0.25, 0.3) is 0 Å². The zero-order chi connectivity index (χ0) is 9.14. The molecule has 0 radical (unpaired) electrons. The molecule has 0 atom stereocenters. The smallest absolute Gasteiger partial charge is 0.211 e. The Kier molecular flexibility index (Phi) is 2.48. The normalized spacial score (nSPS) is 9.58. The summed E-state index contributed by atoms with van der Waals surface area (Å²) in [4.78, 5) is 10.3. The molecule has 1 rings (SSSR count). The summed E-state index contributed by atoms with van der Waals surface area (Å²) in [5.41, 5.74) is 4.38. The van der Waals surface area contributed by atoms with E-state index in [1.165, 1.54) is 5.56 Å². The summed E-state index contributed by atoms with van der Waals surface area (Å²) in [6, 6.07) is 4.06. The van der Waals surface area contributed by atoms with Gasteiger partial charge in [0.05, 0.1) is 0 Å². The maximum absolute atomic E-state index is 10.3. The van der Waals surface area contributed by atoms with Crippen LogP contribution in [0.25, 0.3) is 0 Å². The van der Waals surface area contributed by atoms with Gasteiger partial charge in [0.15, 0.2) is 0 Å². The fraction of sp³-hybridized carbons (Fsp3) is 0.300. The highest BCUT2D eigenvalue weighted by molar-refractivity contribution is 5.76. The SMILES string of the molecule is Cc1ccc(C)c(NC=O)c1C. The van der Waals surface area contributed by atoms with Crippen LogP contribution in [0, 0.1) is 20.8 Å². The van der Waals surface area contributed by atoms with Gasteiger partial charge >= 0.3 is 0 Å². The lowest BCUT2D eigenvalue weighted by Crippen LogP contribution is -2.00. The van der Waals surface area contributed by atoms with Crippen molar-refractivity contribution in [2.75, 3.05) is 5.32 Å². The van der Waals surface area contributed by atoms with E-state index in [0.29, 0.717) is 0 Å². The van der Waals surface area contributed by atoms with Crippen LogP contribution in [-0.4, -0.2) is 6.41 Å². The number of aryl methyl sites for hydroxylation is 2. The number of carbonyl (C=O) groups excluding carboxylic acids is 1. The molecule has 1 N–H and O–H groups in total. The van der Waals surface area contributed by atoms with E-state index in [4.69, 9.17) is 0 Å². The first-order valence-corrected chi connectivity index (χ1v) is 3.94. The molecule has 0 aliphatic carbocycles. The molecule has 0 unspecified atom stereocenters. The molecule has 12 heavy (non-hydrogen) atoms. The summed E-state index contributed by atoms with van der Waals surface area (Å²) < 4.78 is 0. The highest BCUT2D eigenvalue weighted by Gasteiger charge is 2.02. The van der Waals surface area contributed by atoms with Crippen molar-refractivity contribution in [1.82, 2.24) is 0 Å². The minimum atomic E-state index is 0.717. The lowest BCUT2D eigenvalue weighted by atomic mass is 10.0. The van der Waals surface area contributed by atoms with Crippen LogP contribution in [0.2, 0.25) is 0 Å². The first-order valence-electron chi connectivity index (χ1n) is 3.94. The topological polar surface area (TPSA) is 29.1 Å². The van der Waals surface area contributed by atoms with Crippen LogP contribution in [-0.2, 0) is 4.79 Å². The molecule has 0 saturated carbocycles. The first-order chi connectivity index (χ1) is 5.66. The second-order valence-corrected chi connectivity index (χ2v) is 2.96. The summed E-state index contributed by atoms with van der Waals surface area (Å²) in [5, 5.41) is 2.70. The predicted molar refractivity (Wildman–Crippen MR) is 50.3 cm³/mol. The van der Waals surface area contributed by atoms with Gasteiger partial charge in [0.2, 0.25) is 6.41 Å². The second kappa shape index (κ2) is 3.39. The molecule has 2 heteroatoms. The molecule has 0 bridgehead atoms. The molecule has 2 nitrogen and oxygen atoms in total. The number of rotatable bonds is 2. The Bertz CT molecular complexity index is 305. The van der Waals surface area contributed by atoms with E-state index in [9.17, 15) is 4.79 Å². The lowest BCUT2D eigenvalue weighted by molar-refractivity contribution is -0.105. The number of hydrogen-bond acceptors (Lipinski definition) is 1. The van der Waals surface area contributed by atoms with Crippen molar-refractivity contribution in [3.8, 4) is 0 Å². The van der Waals surface area contributed by atoms with E-state index < -0.39 is 0 Å². The molecule has 64 valence electrons. The number of hydrogen-bond donors (Lipinski definition) is 1. The van der Waals surface area contributed by atoms with Crippen LogP contribution >= 0.6 is 0 Å². The minimum Gasteiger partial charge on any atom is -0.328 e. The van der Waals surface area contributed by atoms with Crippen LogP contribution in [0.4, 0.5) is 5.69 Å². The van der Waals surface area contributed by atoms with Crippen LogP contribution < -0.4 is 5.32 Å². The van der Waals surface area contributed by atoms with Crippen molar-refractivity contribution >= 4 is 12.1 Å². The largest absolute Gasteiger partial charge is 0.328 e. The highest BCUT2D eigenvalue weighted by Crippen LogP contribution is 2.22. The van der Waals surface area contributed by atoms with Gasteiger partial charge in [-0.3, -0.25) is 4.79 Å². The van der Waals surface area contributed by atoms with Gasteiger partial charge in [0.1, 0.15) is 0 Å². The summed E-state index contributed by atoms with van der Waals surface area (Å²) in [6.07, 6.45) is 0.717. The molecule has 0 spiro atoms. The predicted octanol–water partition coefficient (Wildman–Crippen LogP) is 2.18. The van der Waals surface area contributed by atoms with Gasteiger partial charge in [-0.25, -0.2) is 0 Å². The summed E-state index contributed by atoms with van der Waals surface area (Å²) in [6.45, 7) is 6.02. The number of nitrogens with one attached hydrogen (secondary N) is 1. The van der Waals surface area contributed by atoms with Crippen molar-refractivity contribution < 1.29 is 4.79 Å². The fourth-order valence-electron chi connectivity index (χ4n) is 1.23. The minimum absolute atomic E-state index is 0.717. The van der Waals surface area contributed by atoms with Crippen molar-refractivity contribution in [3.63, 3.8) is 0 Å². The van der Waals surface area contributed by atoms with E-state index >= 15 is 0 Å². The Labute approximate surface area is 72.6 Å². The van der Waals surface area contributed by atoms with Gasteiger partial charge in [0, 0.05) is 5.69 Å². The third-order valence-corrected chi connectivity index (χ3v) is 2.15. The Balaban J connectivity index is 3.22. The van der Waals surface area contributed by atoms with Crippen LogP contribution in [0.15, 0.2) is 12.1 Å². The van der Waals surface area contributed by atoms with Gasteiger partial charge in [-0.05, 0) is 37.5 Å². The van der Waals surface area contributed by atoms with E-state index in [2.05, 4.69) is 11.4 Å². The fourth-order valence-corrected chi connectivity index (χ4v) is 1.23. The lowest BCUT2D eigenvalue weighted by Gasteiger charge is -2.09. The Morgan fingerprint density at radius 1 is 1.17 bits per heavy atom. The average Bonchev–Trinajstić information content (AvgIpc) is 2.06. The highest BCUT2D eigenvalue weighted by atomic mass is 16.1. The summed E-state index contributed by atoms with van der Waals surface area (Å²) in [5.74, 6) is 0. The van der Waals surface area contributed by atoms with Crippen molar-refractivity contribution in [2.24, 2.45) is 0 Å². The molecule has 0 fully saturated rings. The third-order valence-electron chi connectivity index (χ3n) is 2.15. The zero-order valence-electron chi connectivity index (χ0n) is 7.64. The molecule has 0 saturated heterocycles. The molecule has 0 heterocycles. The molecule has 1 amide bonds. The quantitative estimate of drug-likeness (QED) is 0.665. The number of benzene rings is 1. The number of anilines is 1. The number of amides is 1. The van der Waals surface area contributed by atoms with Crippen LogP contribution in [0.1, 0.15) is 16.7 Å². The molecule has 0 aromatic heterocycles. The molecule has 1 aromatic rings. The zero-order valence-corrected chi connectivity index (χ0v) is 7.64. The second-order valence-electron chi connectivity index (χ2n) is 2.96. The van der Waals surface area contributed by atoms with Crippen molar-refractivity contribution in [3.05, 3.63) is 28.8 Å². The van der Waals surface area contributed by atoms with E-state index in [-0.39, 0.29) is 0 Å². The van der Waals surface area contributed by atoms with Gasteiger partial charge in [-0.2, -0.15) is 0 Å². The van der Waals surface area contributed by atoms with Crippen molar-refractivity contribution in [2.45, 2.75) is 20.8 Å².